The van der Waals surface area contributed by atoms with Crippen LogP contribution in [0.15, 0.2) is 48.5 Å². The number of benzene rings is 2. The second kappa shape index (κ2) is 8.57. The first-order chi connectivity index (χ1) is 11.5. The van der Waals surface area contributed by atoms with E-state index in [9.17, 15) is 9.90 Å². The molecule has 0 aromatic heterocycles. The zero-order valence-corrected chi connectivity index (χ0v) is 14.3. The Labute approximate surface area is 146 Å². The lowest BCUT2D eigenvalue weighted by Crippen LogP contribution is -2.34. The summed E-state index contributed by atoms with van der Waals surface area (Å²) in [5.74, 6) is -0.00118. The summed E-state index contributed by atoms with van der Waals surface area (Å²) in [6.07, 6.45) is -1.36. The zero-order chi connectivity index (χ0) is 17.5. The quantitative estimate of drug-likeness (QED) is 0.750. The van der Waals surface area contributed by atoms with E-state index in [-0.39, 0.29) is 6.61 Å². The molecule has 0 aliphatic rings. The van der Waals surface area contributed by atoms with Crippen molar-refractivity contribution >= 4 is 23.3 Å². The molecule has 0 spiro atoms. The lowest BCUT2D eigenvalue weighted by atomic mass is 10.0. The number of aliphatic hydroxyl groups is 1. The molecule has 0 amide bonds. The van der Waals surface area contributed by atoms with Gasteiger partial charge >= 0.3 is 5.97 Å². The van der Waals surface area contributed by atoms with Crippen LogP contribution in [0.2, 0.25) is 5.02 Å². The summed E-state index contributed by atoms with van der Waals surface area (Å²) in [5, 5.41) is 14.1. The number of anilines is 1. The Morgan fingerprint density at radius 1 is 1.25 bits per heavy atom. The highest BCUT2D eigenvalue weighted by atomic mass is 35.5. The van der Waals surface area contributed by atoms with Crippen LogP contribution in [-0.4, -0.2) is 30.9 Å². The van der Waals surface area contributed by atoms with E-state index in [1.54, 1.807) is 62.6 Å². The monoisotopic (exact) mass is 349 g/mol. The molecule has 2 aromatic rings. The van der Waals surface area contributed by atoms with E-state index < -0.39 is 18.1 Å². The number of ether oxygens (including phenoxy) is 2. The predicted molar refractivity (Wildman–Crippen MR) is 93.4 cm³/mol. The summed E-state index contributed by atoms with van der Waals surface area (Å²) in [6, 6.07) is 13.5. The van der Waals surface area contributed by atoms with Crippen molar-refractivity contribution in [3.05, 3.63) is 59.1 Å². The molecule has 0 bridgehead atoms. The molecule has 0 aliphatic carbocycles. The number of aliphatic hydroxyl groups excluding tert-OH is 1. The van der Waals surface area contributed by atoms with Crippen molar-refractivity contribution in [1.82, 2.24) is 0 Å². The van der Waals surface area contributed by atoms with Gasteiger partial charge in [-0.1, -0.05) is 29.8 Å². The Bertz CT molecular complexity index is 675. The van der Waals surface area contributed by atoms with E-state index in [0.29, 0.717) is 16.5 Å². The maximum atomic E-state index is 12.0. The van der Waals surface area contributed by atoms with Gasteiger partial charge in [0, 0.05) is 10.7 Å². The average Bonchev–Trinajstić information content (AvgIpc) is 2.59. The van der Waals surface area contributed by atoms with Gasteiger partial charge in [0.2, 0.25) is 0 Å². The van der Waals surface area contributed by atoms with Crippen molar-refractivity contribution < 1.29 is 19.4 Å². The van der Waals surface area contributed by atoms with E-state index in [1.165, 1.54) is 0 Å². The molecule has 2 N–H and O–H groups in total. The molecule has 0 fully saturated rings. The van der Waals surface area contributed by atoms with Gasteiger partial charge in [-0.15, -0.1) is 0 Å². The van der Waals surface area contributed by atoms with Gasteiger partial charge in [-0.05, 0) is 42.8 Å². The van der Waals surface area contributed by atoms with Crippen molar-refractivity contribution in [1.29, 1.82) is 0 Å². The third kappa shape index (κ3) is 4.63. The molecule has 0 saturated carbocycles. The minimum Gasteiger partial charge on any atom is -0.497 e. The second-order valence-corrected chi connectivity index (χ2v) is 5.54. The Morgan fingerprint density at radius 3 is 2.54 bits per heavy atom. The van der Waals surface area contributed by atoms with Gasteiger partial charge in [0.05, 0.1) is 19.8 Å². The first kappa shape index (κ1) is 18.1. The first-order valence-electron chi connectivity index (χ1n) is 7.56. The highest BCUT2D eigenvalue weighted by Gasteiger charge is 2.29. The molecule has 2 aromatic carbocycles. The average molecular weight is 350 g/mol. The number of nitrogens with one attached hydrogen (secondary N) is 1. The van der Waals surface area contributed by atoms with E-state index in [1.807, 2.05) is 0 Å². The number of hydrogen-bond acceptors (Lipinski definition) is 5. The van der Waals surface area contributed by atoms with Crippen molar-refractivity contribution in [2.24, 2.45) is 0 Å². The smallest absolute Gasteiger partial charge is 0.337 e. The summed E-state index contributed by atoms with van der Waals surface area (Å²) >= 11 is 6.00. The van der Waals surface area contributed by atoms with E-state index in [4.69, 9.17) is 21.1 Å². The molecule has 0 saturated heterocycles. The Kier molecular flexibility index (Phi) is 6.46. The third-order valence-corrected chi connectivity index (χ3v) is 3.70. The van der Waals surface area contributed by atoms with Crippen molar-refractivity contribution in [2.75, 3.05) is 19.0 Å². The molecule has 6 heteroatoms. The predicted octanol–water partition coefficient (Wildman–Crippen LogP) is 3.43. The van der Waals surface area contributed by atoms with Crippen molar-refractivity contribution in [3.8, 4) is 5.75 Å². The molecular weight excluding hydrogens is 330 g/mol. The molecular formula is C18H20ClNO4. The second-order valence-electron chi connectivity index (χ2n) is 5.10. The molecule has 0 heterocycles. The molecule has 2 rings (SSSR count). The topological polar surface area (TPSA) is 67.8 Å². The largest absolute Gasteiger partial charge is 0.497 e. The van der Waals surface area contributed by atoms with Gasteiger partial charge in [-0.25, -0.2) is 4.79 Å². The number of methoxy groups -OCH3 is 1. The summed E-state index contributed by atoms with van der Waals surface area (Å²) in [5.41, 5.74) is 1.41. The minimum absolute atomic E-state index is 0.197. The number of rotatable bonds is 7. The standard InChI is InChI=1S/C18H20ClNO4/c1-3-24-18(22)17(21)16(12-7-9-15(23-2)10-8-12)20-14-6-4-5-13(19)11-14/h4-11,16-17,20-21H,3H2,1-2H3/t16-,17-/m1/s1. The van der Waals surface area contributed by atoms with Gasteiger partial charge < -0.3 is 19.9 Å². The molecule has 24 heavy (non-hydrogen) atoms. The fourth-order valence-corrected chi connectivity index (χ4v) is 2.47. The SMILES string of the molecule is CCOC(=O)[C@H](O)[C@H](Nc1cccc(Cl)c1)c1ccc(OC)cc1. The summed E-state index contributed by atoms with van der Waals surface area (Å²) in [4.78, 5) is 12.0. The molecule has 0 radical (unpaired) electrons. The first-order valence-corrected chi connectivity index (χ1v) is 7.93. The number of hydrogen-bond donors (Lipinski definition) is 2. The van der Waals surface area contributed by atoms with Crippen LogP contribution in [0, 0.1) is 0 Å². The number of halogens is 1. The van der Waals surface area contributed by atoms with E-state index >= 15 is 0 Å². The van der Waals surface area contributed by atoms with E-state index in [0.717, 1.165) is 5.56 Å². The zero-order valence-electron chi connectivity index (χ0n) is 13.5. The van der Waals surface area contributed by atoms with Crippen LogP contribution in [0.5, 0.6) is 5.75 Å². The molecule has 2 atom stereocenters. The highest BCUT2D eigenvalue weighted by Crippen LogP contribution is 2.27. The number of carbonyl (C=O) groups is 1. The van der Waals surface area contributed by atoms with Crippen LogP contribution in [0.3, 0.4) is 0 Å². The van der Waals surface area contributed by atoms with Gasteiger partial charge in [0.1, 0.15) is 5.75 Å². The number of carbonyl (C=O) groups excluding carboxylic acids is 1. The third-order valence-electron chi connectivity index (χ3n) is 3.47. The van der Waals surface area contributed by atoms with E-state index in [2.05, 4.69) is 5.32 Å². The Hall–Kier alpha value is -2.24. The van der Waals surface area contributed by atoms with Crippen LogP contribution in [0.1, 0.15) is 18.5 Å². The fourth-order valence-electron chi connectivity index (χ4n) is 2.28. The van der Waals surface area contributed by atoms with Crippen LogP contribution in [0.4, 0.5) is 5.69 Å². The van der Waals surface area contributed by atoms with Crippen LogP contribution < -0.4 is 10.1 Å². The van der Waals surface area contributed by atoms with Crippen molar-refractivity contribution in [3.63, 3.8) is 0 Å². The summed E-state index contributed by atoms with van der Waals surface area (Å²) < 4.78 is 10.1. The van der Waals surface area contributed by atoms with Gasteiger partial charge in [-0.2, -0.15) is 0 Å². The molecule has 5 nitrogen and oxygen atoms in total. The van der Waals surface area contributed by atoms with Gasteiger partial charge in [0.15, 0.2) is 6.10 Å². The lowest BCUT2D eigenvalue weighted by molar-refractivity contribution is -0.153. The van der Waals surface area contributed by atoms with Gasteiger partial charge in [-0.3, -0.25) is 0 Å². The fraction of sp³-hybridized carbons (Fsp3) is 0.278. The normalized spacial score (nSPS) is 13.0. The van der Waals surface area contributed by atoms with Crippen LogP contribution in [0.25, 0.3) is 0 Å². The summed E-state index contributed by atoms with van der Waals surface area (Å²) in [7, 11) is 1.57. The Balaban J connectivity index is 2.30. The van der Waals surface area contributed by atoms with Crippen LogP contribution >= 0.6 is 11.6 Å². The molecule has 0 unspecified atom stereocenters. The highest BCUT2D eigenvalue weighted by molar-refractivity contribution is 6.30. The molecule has 0 aliphatic heterocycles. The van der Waals surface area contributed by atoms with Gasteiger partial charge in [0.25, 0.3) is 0 Å². The maximum absolute atomic E-state index is 12.0. The summed E-state index contributed by atoms with van der Waals surface area (Å²) in [6.45, 7) is 1.89. The maximum Gasteiger partial charge on any atom is 0.337 e. The minimum atomic E-state index is -1.36. The molecule has 128 valence electrons. The number of esters is 1. The Morgan fingerprint density at radius 2 is 1.96 bits per heavy atom. The lowest BCUT2D eigenvalue weighted by Gasteiger charge is -2.24. The van der Waals surface area contributed by atoms with Crippen LogP contribution in [-0.2, 0) is 9.53 Å². The van der Waals surface area contributed by atoms with Crippen molar-refractivity contribution in [2.45, 2.75) is 19.1 Å².